The number of hydrogen-bond acceptors (Lipinski definition) is 5. The van der Waals surface area contributed by atoms with E-state index in [4.69, 9.17) is 11.2 Å². The first-order chi connectivity index (χ1) is 15.2. The van der Waals surface area contributed by atoms with Gasteiger partial charge in [0.1, 0.15) is 23.7 Å². The highest BCUT2D eigenvalue weighted by Gasteiger charge is 2.16. The lowest BCUT2D eigenvalue weighted by Crippen LogP contribution is -2.47. The molecular weight excluding hydrogens is 388 g/mol. The summed E-state index contributed by atoms with van der Waals surface area (Å²) in [6.45, 7) is 5.21. The van der Waals surface area contributed by atoms with Gasteiger partial charge in [0, 0.05) is 37.1 Å². The second-order valence-electron chi connectivity index (χ2n) is 7.63. The summed E-state index contributed by atoms with van der Waals surface area (Å²) in [5.74, 6) is 3.42. The zero-order valence-electron chi connectivity index (χ0n) is 17.5. The molecule has 0 unspecified atom stereocenters. The van der Waals surface area contributed by atoms with Crippen LogP contribution in [-0.2, 0) is 6.54 Å². The molecule has 0 spiro atoms. The first-order valence-electron chi connectivity index (χ1n) is 10.4. The van der Waals surface area contributed by atoms with Crippen molar-refractivity contribution in [3.63, 3.8) is 0 Å². The molecule has 1 fully saturated rings. The number of rotatable bonds is 7. The molecule has 1 saturated heterocycles. The average Bonchev–Trinajstić information content (AvgIpc) is 2.79. The maximum absolute atomic E-state index is 12.4. The highest BCUT2D eigenvalue weighted by Crippen LogP contribution is 2.24. The summed E-state index contributed by atoms with van der Waals surface area (Å²) >= 11 is 0. The second-order valence-corrected chi connectivity index (χ2v) is 7.63. The first kappa shape index (κ1) is 20.9. The van der Waals surface area contributed by atoms with Crippen LogP contribution in [0.5, 0.6) is 5.75 Å². The van der Waals surface area contributed by atoms with Gasteiger partial charge in [-0.25, -0.2) is 9.72 Å². The number of fused-ring (bicyclic) bond motifs is 1. The number of nitrogens with zero attached hydrogens (tertiary/aromatic N) is 4. The third-order valence-corrected chi connectivity index (χ3v) is 5.34. The molecule has 0 radical (unpaired) electrons. The fourth-order valence-corrected chi connectivity index (χ4v) is 3.65. The van der Waals surface area contributed by atoms with Crippen molar-refractivity contribution >= 4 is 17.1 Å². The number of terminal acetylenes is 1. The molecule has 158 valence electrons. The molecule has 1 aliphatic rings. The highest BCUT2D eigenvalue weighted by molar-refractivity contribution is 5.87. The number of para-hydroxylation sites is 1. The van der Waals surface area contributed by atoms with Crippen molar-refractivity contribution in [1.29, 1.82) is 0 Å². The van der Waals surface area contributed by atoms with Gasteiger partial charge in [-0.3, -0.25) is 9.80 Å². The van der Waals surface area contributed by atoms with Gasteiger partial charge in [-0.1, -0.05) is 54.5 Å². The van der Waals surface area contributed by atoms with Crippen LogP contribution in [-0.4, -0.2) is 65.2 Å². The Morgan fingerprint density at radius 3 is 2.55 bits per heavy atom. The predicted octanol–water partition coefficient (Wildman–Crippen LogP) is 2.95. The van der Waals surface area contributed by atoms with E-state index >= 15 is 0 Å². The van der Waals surface area contributed by atoms with Crippen LogP contribution in [0.1, 0.15) is 11.3 Å². The predicted molar refractivity (Wildman–Crippen MR) is 123 cm³/mol. The minimum absolute atomic E-state index is 0.282. The molecule has 0 saturated carbocycles. The van der Waals surface area contributed by atoms with Gasteiger partial charge in [0.05, 0.1) is 6.54 Å². The minimum atomic E-state index is 0.282. The largest absolute Gasteiger partial charge is 0.623 e. The highest BCUT2D eigenvalue weighted by atomic mass is 16.5. The van der Waals surface area contributed by atoms with Gasteiger partial charge in [-0.15, -0.1) is 6.42 Å². The van der Waals surface area contributed by atoms with Crippen LogP contribution in [0.2, 0.25) is 0 Å². The zero-order chi connectivity index (χ0) is 21.5. The van der Waals surface area contributed by atoms with Gasteiger partial charge in [0.25, 0.3) is 0 Å². The van der Waals surface area contributed by atoms with Gasteiger partial charge >= 0.3 is 0 Å². The quantitative estimate of drug-likeness (QED) is 0.196. The van der Waals surface area contributed by atoms with Crippen LogP contribution in [0.15, 0.2) is 60.7 Å². The fraction of sp³-hybridized carbons (Fsp3) is 0.280. The van der Waals surface area contributed by atoms with E-state index in [9.17, 15) is 5.21 Å². The first-order valence-corrected chi connectivity index (χ1v) is 10.4. The van der Waals surface area contributed by atoms with Crippen molar-refractivity contribution in [3.8, 4) is 18.1 Å². The van der Waals surface area contributed by atoms with E-state index < -0.39 is 0 Å². The van der Waals surface area contributed by atoms with E-state index in [0.29, 0.717) is 19.0 Å². The van der Waals surface area contributed by atoms with E-state index in [-0.39, 0.29) is 6.54 Å². The molecule has 2 heterocycles. The summed E-state index contributed by atoms with van der Waals surface area (Å²) in [6, 6.07) is 19.4. The fourth-order valence-electron chi connectivity index (χ4n) is 3.65. The molecule has 1 aliphatic heterocycles. The lowest BCUT2D eigenvalue weighted by atomic mass is 10.2. The van der Waals surface area contributed by atoms with Crippen molar-refractivity contribution in [2.24, 2.45) is 0 Å². The molecule has 0 amide bonds. The molecule has 0 aliphatic carbocycles. The van der Waals surface area contributed by atoms with E-state index in [1.165, 1.54) is 6.21 Å². The van der Waals surface area contributed by atoms with Crippen LogP contribution >= 0.6 is 0 Å². The smallest absolute Gasteiger partial charge is 0.200 e. The average molecular weight is 415 g/mol. The van der Waals surface area contributed by atoms with Crippen molar-refractivity contribution in [3.05, 3.63) is 77.1 Å². The molecular formula is C25H26N4O2. The summed E-state index contributed by atoms with van der Waals surface area (Å²) in [5, 5.41) is 13.4. The van der Waals surface area contributed by atoms with Crippen LogP contribution in [0.25, 0.3) is 10.9 Å². The lowest BCUT2D eigenvalue weighted by Gasteiger charge is -2.33. The Morgan fingerprint density at radius 2 is 1.77 bits per heavy atom. The number of piperazine rings is 1. The van der Waals surface area contributed by atoms with Crippen molar-refractivity contribution in [2.75, 3.05) is 39.5 Å². The number of ether oxygens (including phenoxy) is 1. The lowest BCUT2D eigenvalue weighted by molar-refractivity contribution is -0.469. The molecule has 31 heavy (non-hydrogen) atoms. The summed E-state index contributed by atoms with van der Waals surface area (Å²) in [7, 11) is 0. The number of pyridine rings is 1. The van der Waals surface area contributed by atoms with Crippen LogP contribution in [0, 0.1) is 17.6 Å². The molecule has 0 N–H and O–H groups in total. The van der Waals surface area contributed by atoms with Gasteiger partial charge in [-0.2, -0.15) is 0 Å². The van der Waals surface area contributed by atoms with Crippen LogP contribution < -0.4 is 4.74 Å². The van der Waals surface area contributed by atoms with Gasteiger partial charge < -0.3 is 9.94 Å². The summed E-state index contributed by atoms with van der Waals surface area (Å²) < 4.78 is 7.01. The molecule has 0 atom stereocenters. The molecule has 2 aromatic carbocycles. The Morgan fingerprint density at radius 1 is 1.00 bits per heavy atom. The van der Waals surface area contributed by atoms with E-state index in [0.717, 1.165) is 53.1 Å². The van der Waals surface area contributed by atoms with Crippen molar-refractivity contribution in [2.45, 2.75) is 6.54 Å². The van der Waals surface area contributed by atoms with Gasteiger partial charge in [0.15, 0.2) is 6.54 Å². The maximum Gasteiger partial charge on any atom is 0.200 e. The monoisotopic (exact) mass is 414 g/mol. The molecule has 0 bridgehead atoms. The molecule has 1 aromatic heterocycles. The Bertz CT molecular complexity index is 1080. The van der Waals surface area contributed by atoms with Gasteiger partial charge in [-0.05, 0) is 12.1 Å². The Labute approximate surface area is 183 Å². The SMILES string of the molecule is C#CCN1CCN(COc2cccc3ccc(/C=[N+](\[O-])Cc4ccccc4)nc23)CC1. The molecule has 6 nitrogen and oxygen atoms in total. The summed E-state index contributed by atoms with van der Waals surface area (Å²) in [5.41, 5.74) is 2.33. The Kier molecular flexibility index (Phi) is 6.78. The molecule has 4 rings (SSSR count). The van der Waals surface area contributed by atoms with Crippen LogP contribution in [0.4, 0.5) is 0 Å². The zero-order valence-corrected chi connectivity index (χ0v) is 17.5. The molecule has 6 heteroatoms. The van der Waals surface area contributed by atoms with E-state index in [1.807, 2.05) is 60.7 Å². The van der Waals surface area contributed by atoms with E-state index in [1.54, 1.807) is 0 Å². The Balaban J connectivity index is 1.45. The van der Waals surface area contributed by atoms with Crippen molar-refractivity contribution < 1.29 is 9.48 Å². The van der Waals surface area contributed by atoms with Gasteiger partial charge in [0.2, 0.25) is 6.21 Å². The third-order valence-electron chi connectivity index (χ3n) is 5.34. The number of benzene rings is 2. The second kappa shape index (κ2) is 10.1. The van der Waals surface area contributed by atoms with Crippen molar-refractivity contribution in [1.82, 2.24) is 14.8 Å². The minimum Gasteiger partial charge on any atom is -0.623 e. The topological polar surface area (TPSA) is 54.7 Å². The third kappa shape index (κ3) is 5.60. The summed E-state index contributed by atoms with van der Waals surface area (Å²) in [6.07, 6.45) is 6.92. The Hall–Kier alpha value is -3.40. The standard InChI is InChI=1S/C25H26N4O2/c1-2-13-27-14-16-28(17-15-27)20-31-24-10-6-9-22-11-12-23(26-25(22)24)19-29(30)18-21-7-4-3-5-8-21/h1,3-12,19H,13-18,20H2/b29-19-. The number of aromatic nitrogens is 1. The summed E-state index contributed by atoms with van der Waals surface area (Å²) in [4.78, 5) is 9.22. The number of hydrogen-bond donors (Lipinski definition) is 0. The molecule has 3 aromatic rings. The maximum atomic E-state index is 12.4. The van der Waals surface area contributed by atoms with E-state index in [2.05, 4.69) is 20.7 Å². The normalized spacial score (nSPS) is 15.6. The number of hydroxylamine groups is 1. The van der Waals surface area contributed by atoms with Crippen LogP contribution in [0.3, 0.4) is 0 Å².